The number of halogens is 4. The normalized spacial score (nSPS) is 17.1. The largest absolute Gasteiger partial charge is 0.399 e. The maximum atomic E-state index is 13.5. The highest BCUT2D eigenvalue weighted by Crippen LogP contribution is 2.41. The van der Waals surface area contributed by atoms with Crippen molar-refractivity contribution in [3.05, 3.63) is 47.4 Å². The Bertz CT molecular complexity index is 933. The van der Waals surface area contributed by atoms with Gasteiger partial charge in [0.1, 0.15) is 17.3 Å². The summed E-state index contributed by atoms with van der Waals surface area (Å²) in [6, 6.07) is 6.21. The third-order valence-corrected chi connectivity index (χ3v) is 5.42. The van der Waals surface area contributed by atoms with Gasteiger partial charge >= 0.3 is 6.18 Å². The quantitative estimate of drug-likeness (QED) is 0.619. The molecule has 9 heteroatoms. The van der Waals surface area contributed by atoms with Gasteiger partial charge in [-0.15, -0.1) is 0 Å². The first-order valence-electron chi connectivity index (χ1n) is 9.61. The number of alkyl halides is 3. The predicted molar refractivity (Wildman–Crippen MR) is 103 cm³/mol. The standard InChI is InChI=1S/C21H23F4N3O2/c1-20(2,21(23,24)25)16-11-13(18(28-16)12-3-6-14(22)7-4-12)5-8-17(29)27-15-9-10-26-19(15)30/h3-4,6-7,11,15,28H,5,8-10H2,1-2H3,(H,26,30)(H,27,29). The number of amides is 2. The first-order chi connectivity index (χ1) is 14.0. The molecule has 2 heterocycles. The SMILES string of the molecule is CC(C)(c1cc(CCC(=O)NC2CCNC2=O)c(-c2ccc(F)cc2)[nH]1)C(F)(F)F. The van der Waals surface area contributed by atoms with Gasteiger partial charge in [-0.2, -0.15) is 13.2 Å². The minimum Gasteiger partial charge on any atom is -0.357 e. The summed E-state index contributed by atoms with van der Waals surface area (Å²) in [7, 11) is 0. The first-order valence-corrected chi connectivity index (χ1v) is 9.61. The van der Waals surface area contributed by atoms with Crippen molar-refractivity contribution in [1.29, 1.82) is 0 Å². The number of hydrogen-bond donors (Lipinski definition) is 3. The molecule has 3 rings (SSSR count). The number of aromatic nitrogens is 1. The maximum absolute atomic E-state index is 13.5. The van der Waals surface area contributed by atoms with E-state index in [-0.39, 0.29) is 30.3 Å². The van der Waals surface area contributed by atoms with Crippen LogP contribution < -0.4 is 10.6 Å². The molecule has 1 aromatic heterocycles. The summed E-state index contributed by atoms with van der Waals surface area (Å²) in [6.07, 6.45) is -3.82. The van der Waals surface area contributed by atoms with Crippen molar-refractivity contribution in [2.75, 3.05) is 6.54 Å². The van der Waals surface area contributed by atoms with Crippen molar-refractivity contribution < 1.29 is 27.2 Å². The third kappa shape index (κ3) is 4.49. The van der Waals surface area contributed by atoms with Gasteiger partial charge in [0.05, 0.1) is 0 Å². The lowest BCUT2D eigenvalue weighted by Gasteiger charge is -2.26. The van der Waals surface area contributed by atoms with E-state index in [1.807, 2.05) is 0 Å². The zero-order valence-electron chi connectivity index (χ0n) is 16.6. The molecule has 1 unspecified atom stereocenters. The van der Waals surface area contributed by atoms with Gasteiger partial charge in [0, 0.05) is 24.4 Å². The summed E-state index contributed by atoms with van der Waals surface area (Å²) in [5, 5.41) is 5.26. The van der Waals surface area contributed by atoms with E-state index in [4.69, 9.17) is 0 Å². The fourth-order valence-corrected chi connectivity index (χ4v) is 3.30. The average Bonchev–Trinajstić information content (AvgIpc) is 3.27. The number of carbonyl (C=O) groups excluding carboxylic acids is 2. The molecule has 0 aliphatic carbocycles. The molecule has 0 bridgehead atoms. The zero-order chi connectivity index (χ0) is 22.1. The molecular weight excluding hydrogens is 402 g/mol. The monoisotopic (exact) mass is 425 g/mol. The van der Waals surface area contributed by atoms with Crippen LogP contribution in [0.15, 0.2) is 30.3 Å². The van der Waals surface area contributed by atoms with E-state index in [0.29, 0.717) is 29.8 Å². The molecule has 1 aliphatic heterocycles. The number of aromatic amines is 1. The summed E-state index contributed by atoms with van der Waals surface area (Å²) in [5.41, 5.74) is -0.732. The number of hydrogen-bond acceptors (Lipinski definition) is 2. The Hall–Kier alpha value is -2.84. The van der Waals surface area contributed by atoms with E-state index in [2.05, 4.69) is 15.6 Å². The first kappa shape index (κ1) is 21.9. The Morgan fingerprint density at radius 1 is 1.20 bits per heavy atom. The van der Waals surface area contributed by atoms with Crippen LogP contribution in [0.2, 0.25) is 0 Å². The molecular formula is C21H23F4N3O2. The summed E-state index contributed by atoms with van der Waals surface area (Å²) in [5.74, 6) is -1.07. The van der Waals surface area contributed by atoms with E-state index in [1.54, 1.807) is 0 Å². The highest BCUT2D eigenvalue weighted by molar-refractivity contribution is 5.89. The fraction of sp³-hybridized carbons (Fsp3) is 0.429. The molecule has 1 saturated heterocycles. The van der Waals surface area contributed by atoms with Crippen molar-refractivity contribution in [2.24, 2.45) is 0 Å². The van der Waals surface area contributed by atoms with Gasteiger partial charge in [0.15, 0.2) is 0 Å². The van der Waals surface area contributed by atoms with Crippen molar-refractivity contribution >= 4 is 11.8 Å². The molecule has 2 aromatic rings. The van der Waals surface area contributed by atoms with Crippen LogP contribution in [-0.2, 0) is 21.4 Å². The van der Waals surface area contributed by atoms with E-state index >= 15 is 0 Å². The van der Waals surface area contributed by atoms with Crippen LogP contribution in [0.4, 0.5) is 17.6 Å². The molecule has 1 aromatic carbocycles. The van der Waals surface area contributed by atoms with Gasteiger partial charge in [0.25, 0.3) is 0 Å². The van der Waals surface area contributed by atoms with E-state index in [9.17, 15) is 27.2 Å². The van der Waals surface area contributed by atoms with Gasteiger partial charge < -0.3 is 15.6 Å². The minimum absolute atomic E-state index is 0.00170. The van der Waals surface area contributed by atoms with Crippen LogP contribution in [0.1, 0.15) is 37.9 Å². The molecule has 0 radical (unpaired) electrons. The van der Waals surface area contributed by atoms with Crippen molar-refractivity contribution in [3.63, 3.8) is 0 Å². The Labute approximate surface area is 171 Å². The van der Waals surface area contributed by atoms with Gasteiger partial charge in [-0.1, -0.05) is 0 Å². The van der Waals surface area contributed by atoms with E-state index < -0.39 is 23.5 Å². The maximum Gasteiger partial charge on any atom is 0.399 e. The summed E-state index contributed by atoms with van der Waals surface area (Å²) >= 11 is 0. The molecule has 162 valence electrons. The highest BCUT2D eigenvalue weighted by atomic mass is 19.4. The summed E-state index contributed by atoms with van der Waals surface area (Å²) in [4.78, 5) is 26.7. The summed E-state index contributed by atoms with van der Waals surface area (Å²) < 4.78 is 53.9. The summed E-state index contributed by atoms with van der Waals surface area (Å²) in [6.45, 7) is 2.64. The van der Waals surface area contributed by atoms with Crippen LogP contribution in [0.25, 0.3) is 11.3 Å². The number of rotatable bonds is 6. The van der Waals surface area contributed by atoms with Crippen LogP contribution in [-0.4, -0.2) is 35.6 Å². The lowest BCUT2D eigenvalue weighted by molar-refractivity contribution is -0.181. The lowest BCUT2D eigenvalue weighted by atomic mass is 9.88. The van der Waals surface area contributed by atoms with Crippen molar-refractivity contribution in [1.82, 2.24) is 15.6 Å². The molecule has 2 amide bonds. The fourth-order valence-electron chi connectivity index (χ4n) is 3.30. The van der Waals surface area contributed by atoms with Crippen LogP contribution in [0.3, 0.4) is 0 Å². The lowest BCUT2D eigenvalue weighted by Crippen LogP contribution is -2.40. The van der Waals surface area contributed by atoms with Crippen LogP contribution in [0, 0.1) is 5.82 Å². The predicted octanol–water partition coefficient (Wildman–Crippen LogP) is 3.60. The van der Waals surface area contributed by atoms with Crippen LogP contribution in [0.5, 0.6) is 0 Å². The van der Waals surface area contributed by atoms with E-state index in [0.717, 1.165) is 13.8 Å². The molecule has 5 nitrogen and oxygen atoms in total. The molecule has 3 N–H and O–H groups in total. The number of benzene rings is 1. The Kier molecular flexibility index (Phi) is 5.92. The second-order valence-corrected chi connectivity index (χ2v) is 7.91. The minimum atomic E-state index is -4.48. The molecule has 1 aliphatic rings. The number of nitrogens with one attached hydrogen (secondary N) is 3. The number of carbonyl (C=O) groups is 2. The topological polar surface area (TPSA) is 74.0 Å². The average molecular weight is 425 g/mol. The Morgan fingerprint density at radius 3 is 2.43 bits per heavy atom. The van der Waals surface area contributed by atoms with Crippen molar-refractivity contribution in [3.8, 4) is 11.3 Å². The molecule has 1 fully saturated rings. The van der Waals surface area contributed by atoms with Gasteiger partial charge in [0.2, 0.25) is 11.8 Å². The van der Waals surface area contributed by atoms with Gasteiger partial charge in [-0.05, 0) is 68.1 Å². The van der Waals surface area contributed by atoms with Crippen LogP contribution >= 0.6 is 0 Å². The zero-order valence-corrected chi connectivity index (χ0v) is 16.6. The molecule has 30 heavy (non-hydrogen) atoms. The number of H-pyrrole nitrogens is 1. The van der Waals surface area contributed by atoms with Gasteiger partial charge in [-0.3, -0.25) is 9.59 Å². The Balaban J connectivity index is 1.85. The van der Waals surface area contributed by atoms with Crippen molar-refractivity contribution in [2.45, 2.75) is 50.7 Å². The third-order valence-electron chi connectivity index (χ3n) is 5.42. The second kappa shape index (κ2) is 8.12. The van der Waals surface area contributed by atoms with E-state index in [1.165, 1.54) is 30.3 Å². The molecule has 0 spiro atoms. The van der Waals surface area contributed by atoms with Gasteiger partial charge in [-0.25, -0.2) is 4.39 Å². The smallest absolute Gasteiger partial charge is 0.357 e. The molecule has 1 atom stereocenters. The Morgan fingerprint density at radius 2 is 1.87 bits per heavy atom. The molecule has 0 saturated carbocycles. The highest BCUT2D eigenvalue weighted by Gasteiger charge is 2.49. The second-order valence-electron chi connectivity index (χ2n) is 7.91. The number of aryl methyl sites for hydroxylation is 1.